The summed E-state index contributed by atoms with van der Waals surface area (Å²) in [6.45, 7) is 9.31. The van der Waals surface area contributed by atoms with Crippen LogP contribution in [0.3, 0.4) is 0 Å². The van der Waals surface area contributed by atoms with Crippen molar-refractivity contribution >= 4 is 5.90 Å². The van der Waals surface area contributed by atoms with Crippen LogP contribution in [0.1, 0.15) is 30.5 Å². The molecule has 0 N–H and O–H groups in total. The highest BCUT2D eigenvalue weighted by Gasteiger charge is 2.24. The third-order valence-electron chi connectivity index (χ3n) is 3.14. The summed E-state index contributed by atoms with van der Waals surface area (Å²) in [5, 5.41) is 0. The highest BCUT2D eigenvalue weighted by Crippen LogP contribution is 2.21. The molecular formula is C14H19NO. The molecule has 1 heterocycles. The second-order valence-electron chi connectivity index (χ2n) is 4.82. The Hall–Kier alpha value is -1.31. The Morgan fingerprint density at radius 1 is 1.25 bits per heavy atom. The van der Waals surface area contributed by atoms with E-state index < -0.39 is 0 Å². The molecule has 0 saturated heterocycles. The van der Waals surface area contributed by atoms with Crippen LogP contribution in [0.5, 0.6) is 0 Å². The van der Waals surface area contributed by atoms with Crippen molar-refractivity contribution in [2.45, 2.75) is 33.7 Å². The molecule has 0 aliphatic carbocycles. The van der Waals surface area contributed by atoms with Gasteiger partial charge in [0, 0.05) is 5.56 Å². The first kappa shape index (κ1) is 11.2. The maximum Gasteiger partial charge on any atom is 0.217 e. The largest absolute Gasteiger partial charge is 0.475 e. The summed E-state index contributed by atoms with van der Waals surface area (Å²) in [4.78, 5) is 4.67. The zero-order chi connectivity index (χ0) is 11.7. The van der Waals surface area contributed by atoms with Gasteiger partial charge in [-0.2, -0.15) is 0 Å². The van der Waals surface area contributed by atoms with Crippen LogP contribution in [0.4, 0.5) is 0 Å². The molecule has 0 spiro atoms. The van der Waals surface area contributed by atoms with Gasteiger partial charge in [0.15, 0.2) is 0 Å². The van der Waals surface area contributed by atoms with E-state index in [9.17, 15) is 0 Å². The molecule has 16 heavy (non-hydrogen) atoms. The first-order chi connectivity index (χ1) is 7.59. The monoisotopic (exact) mass is 217 g/mol. The lowest BCUT2D eigenvalue weighted by atomic mass is 10.0. The zero-order valence-electron chi connectivity index (χ0n) is 10.4. The van der Waals surface area contributed by atoms with Gasteiger partial charge in [-0.05, 0) is 30.9 Å². The highest BCUT2D eigenvalue weighted by molar-refractivity contribution is 5.97. The van der Waals surface area contributed by atoms with Crippen molar-refractivity contribution in [3.8, 4) is 0 Å². The molecule has 1 aliphatic heterocycles. The van der Waals surface area contributed by atoms with E-state index in [1.54, 1.807) is 0 Å². The lowest BCUT2D eigenvalue weighted by Gasteiger charge is -2.08. The van der Waals surface area contributed by atoms with E-state index in [2.05, 4.69) is 50.9 Å². The van der Waals surface area contributed by atoms with Gasteiger partial charge in [-0.25, -0.2) is 4.99 Å². The Morgan fingerprint density at radius 2 is 1.88 bits per heavy atom. The third-order valence-corrected chi connectivity index (χ3v) is 3.14. The molecule has 1 atom stereocenters. The number of rotatable bonds is 2. The Bertz CT molecular complexity index is 400. The molecule has 0 bridgehead atoms. The van der Waals surface area contributed by atoms with Gasteiger partial charge in [0.05, 0.1) is 6.04 Å². The van der Waals surface area contributed by atoms with Crippen molar-refractivity contribution in [1.82, 2.24) is 0 Å². The van der Waals surface area contributed by atoms with Gasteiger partial charge in [0.1, 0.15) is 6.61 Å². The first-order valence-corrected chi connectivity index (χ1v) is 5.86. The SMILES string of the molecule is Cc1cccc(C)c1C1=N[C@H](C(C)C)CO1. The number of benzene rings is 1. The van der Waals surface area contributed by atoms with Gasteiger partial charge in [-0.3, -0.25) is 0 Å². The maximum atomic E-state index is 5.72. The van der Waals surface area contributed by atoms with Crippen LogP contribution in [0.25, 0.3) is 0 Å². The van der Waals surface area contributed by atoms with Crippen LogP contribution in [-0.4, -0.2) is 18.5 Å². The fraction of sp³-hybridized carbons (Fsp3) is 0.500. The van der Waals surface area contributed by atoms with Crippen molar-refractivity contribution in [1.29, 1.82) is 0 Å². The number of nitrogens with zero attached hydrogens (tertiary/aromatic N) is 1. The van der Waals surface area contributed by atoms with E-state index >= 15 is 0 Å². The van der Waals surface area contributed by atoms with E-state index in [-0.39, 0.29) is 0 Å². The van der Waals surface area contributed by atoms with Crippen LogP contribution < -0.4 is 0 Å². The second-order valence-corrected chi connectivity index (χ2v) is 4.82. The van der Waals surface area contributed by atoms with E-state index in [1.165, 1.54) is 16.7 Å². The summed E-state index contributed by atoms with van der Waals surface area (Å²) >= 11 is 0. The summed E-state index contributed by atoms with van der Waals surface area (Å²) in [5.74, 6) is 1.37. The van der Waals surface area contributed by atoms with Gasteiger partial charge >= 0.3 is 0 Å². The highest BCUT2D eigenvalue weighted by atomic mass is 16.5. The summed E-state index contributed by atoms with van der Waals surface area (Å²) < 4.78 is 5.72. The number of aliphatic imine (C=N–C) groups is 1. The molecule has 1 aromatic rings. The quantitative estimate of drug-likeness (QED) is 0.746. The molecule has 0 unspecified atom stereocenters. The van der Waals surface area contributed by atoms with Gasteiger partial charge in [-0.1, -0.05) is 32.0 Å². The fourth-order valence-electron chi connectivity index (χ4n) is 2.02. The minimum Gasteiger partial charge on any atom is -0.475 e. The minimum absolute atomic E-state index is 0.314. The van der Waals surface area contributed by atoms with Crippen LogP contribution in [0, 0.1) is 19.8 Å². The lowest BCUT2D eigenvalue weighted by Crippen LogP contribution is -2.13. The van der Waals surface area contributed by atoms with Crippen molar-refractivity contribution < 1.29 is 4.74 Å². The third kappa shape index (κ3) is 1.97. The summed E-state index contributed by atoms with van der Waals surface area (Å²) in [6, 6.07) is 6.60. The number of ether oxygens (including phenoxy) is 1. The van der Waals surface area contributed by atoms with Crippen molar-refractivity contribution in [3.05, 3.63) is 34.9 Å². The standard InChI is InChI=1S/C14H19NO/c1-9(2)12-8-16-14(15-12)13-10(3)6-5-7-11(13)4/h5-7,9,12H,8H2,1-4H3/t12-/m0/s1. The van der Waals surface area contributed by atoms with E-state index in [0.717, 1.165) is 12.5 Å². The molecule has 0 radical (unpaired) electrons. The molecule has 1 aliphatic rings. The minimum atomic E-state index is 0.314. The van der Waals surface area contributed by atoms with Crippen LogP contribution in [-0.2, 0) is 4.74 Å². The first-order valence-electron chi connectivity index (χ1n) is 5.86. The number of hydrogen-bond acceptors (Lipinski definition) is 2. The van der Waals surface area contributed by atoms with Gasteiger partial charge in [0.2, 0.25) is 5.90 Å². The predicted molar refractivity (Wildman–Crippen MR) is 67.0 cm³/mol. The molecule has 2 rings (SSSR count). The average molecular weight is 217 g/mol. The van der Waals surface area contributed by atoms with E-state index in [1.807, 2.05) is 0 Å². The Labute approximate surface area is 97.4 Å². The molecule has 86 valence electrons. The second kappa shape index (κ2) is 4.28. The van der Waals surface area contributed by atoms with Gasteiger partial charge < -0.3 is 4.74 Å². The number of hydrogen-bond donors (Lipinski definition) is 0. The lowest BCUT2D eigenvalue weighted by molar-refractivity contribution is 0.291. The Morgan fingerprint density at radius 3 is 2.38 bits per heavy atom. The van der Waals surface area contributed by atoms with E-state index in [0.29, 0.717) is 12.0 Å². The van der Waals surface area contributed by atoms with Crippen LogP contribution >= 0.6 is 0 Å². The molecule has 2 nitrogen and oxygen atoms in total. The molecule has 0 aromatic heterocycles. The molecular weight excluding hydrogens is 198 g/mol. The molecule has 0 fully saturated rings. The predicted octanol–water partition coefficient (Wildman–Crippen LogP) is 3.10. The summed E-state index contributed by atoms with van der Waals surface area (Å²) in [5.41, 5.74) is 3.65. The maximum absolute atomic E-state index is 5.72. The van der Waals surface area contributed by atoms with E-state index in [4.69, 9.17) is 4.74 Å². The van der Waals surface area contributed by atoms with Crippen LogP contribution in [0.2, 0.25) is 0 Å². The average Bonchev–Trinajstić information content (AvgIpc) is 2.66. The van der Waals surface area contributed by atoms with Crippen molar-refractivity contribution in [2.24, 2.45) is 10.9 Å². The van der Waals surface area contributed by atoms with Gasteiger partial charge in [-0.15, -0.1) is 0 Å². The number of aryl methyl sites for hydroxylation is 2. The van der Waals surface area contributed by atoms with Crippen molar-refractivity contribution in [3.63, 3.8) is 0 Å². The Kier molecular flexibility index (Phi) is 2.99. The topological polar surface area (TPSA) is 21.6 Å². The van der Waals surface area contributed by atoms with Crippen LogP contribution in [0.15, 0.2) is 23.2 Å². The van der Waals surface area contributed by atoms with Crippen molar-refractivity contribution in [2.75, 3.05) is 6.61 Å². The Balaban J connectivity index is 2.36. The smallest absolute Gasteiger partial charge is 0.217 e. The van der Waals surface area contributed by atoms with Gasteiger partial charge in [0.25, 0.3) is 0 Å². The fourth-order valence-corrected chi connectivity index (χ4v) is 2.02. The molecule has 1 aromatic carbocycles. The normalized spacial score (nSPS) is 19.8. The molecule has 0 amide bonds. The summed E-state index contributed by atoms with van der Waals surface area (Å²) in [7, 11) is 0. The molecule has 0 saturated carbocycles. The zero-order valence-corrected chi connectivity index (χ0v) is 10.4. The summed E-state index contributed by atoms with van der Waals surface area (Å²) in [6.07, 6.45) is 0. The molecule has 2 heteroatoms.